The van der Waals surface area contributed by atoms with Crippen molar-refractivity contribution in [1.82, 2.24) is 20.3 Å². The maximum absolute atomic E-state index is 12.9. The number of H-pyrrole nitrogens is 2. The van der Waals surface area contributed by atoms with Gasteiger partial charge in [-0.1, -0.05) is 39.0 Å². The van der Waals surface area contributed by atoms with Gasteiger partial charge in [-0.2, -0.15) is 0 Å². The maximum Gasteiger partial charge on any atom is 0.330 e. The van der Waals surface area contributed by atoms with Crippen LogP contribution in [0.5, 0.6) is 0 Å². The minimum Gasteiger partial charge on any atom is -0.381 e. The molecule has 0 saturated heterocycles. The second-order valence-electron chi connectivity index (χ2n) is 8.34. The quantitative estimate of drug-likeness (QED) is 0.156. The number of aromatic amines is 2. The Morgan fingerprint density at radius 2 is 1.79 bits per heavy atom. The van der Waals surface area contributed by atoms with E-state index in [-0.39, 0.29) is 11.5 Å². The number of nitrogens with zero attached hydrogens (tertiary/aromatic N) is 1. The lowest BCUT2D eigenvalue weighted by molar-refractivity contribution is 0.111. The van der Waals surface area contributed by atoms with Crippen LogP contribution in [0.4, 0.5) is 5.95 Å². The van der Waals surface area contributed by atoms with Crippen molar-refractivity contribution in [2.45, 2.75) is 71.8 Å². The van der Waals surface area contributed by atoms with Gasteiger partial charge >= 0.3 is 7.60 Å². The fraction of sp³-hybridized carbons (Fsp3) is 0.739. The highest BCUT2D eigenvalue weighted by molar-refractivity contribution is 7.53. The molecule has 10 nitrogen and oxygen atoms in total. The molecule has 2 aromatic rings. The van der Waals surface area contributed by atoms with Crippen LogP contribution < -0.4 is 16.6 Å². The Morgan fingerprint density at radius 1 is 1.03 bits per heavy atom. The average Bonchev–Trinajstić information content (AvgIpc) is 3.20. The van der Waals surface area contributed by atoms with Crippen molar-refractivity contribution in [2.24, 2.45) is 0 Å². The Hall–Kier alpha value is -1.71. The van der Waals surface area contributed by atoms with Crippen molar-refractivity contribution < 1.29 is 18.3 Å². The monoisotopic (exact) mass is 499 g/mol. The fourth-order valence-corrected chi connectivity index (χ4v) is 5.33. The summed E-state index contributed by atoms with van der Waals surface area (Å²) in [5.41, 5.74) is 7.14. The smallest absolute Gasteiger partial charge is 0.330 e. The molecule has 2 heterocycles. The van der Waals surface area contributed by atoms with Gasteiger partial charge in [0.15, 0.2) is 0 Å². The molecule has 0 spiro atoms. The number of rotatable bonds is 20. The van der Waals surface area contributed by atoms with E-state index >= 15 is 0 Å². The molecule has 0 radical (unpaired) electrons. The number of anilines is 1. The predicted molar refractivity (Wildman–Crippen MR) is 136 cm³/mol. The molecule has 5 N–H and O–H groups in total. The standard InChI is InChI=1S/C23H42N5O5P/c1-3-5-6-7-8-9-13-31-14-11-15-33-34(30,32-4-2)16-10-12-25-17-19-18-26-21-20(19)27-23(24)28-22(21)29/h18,25-26H,3-17H2,1-2H3,(H3,24,27,28,29). The molecular weight excluding hydrogens is 457 g/mol. The van der Waals surface area contributed by atoms with Gasteiger partial charge in [0.2, 0.25) is 5.95 Å². The van der Waals surface area contributed by atoms with Crippen LogP contribution in [-0.2, 0) is 24.9 Å². The van der Waals surface area contributed by atoms with Gasteiger partial charge in [-0.05, 0) is 32.7 Å². The van der Waals surface area contributed by atoms with Crippen molar-refractivity contribution in [3.05, 3.63) is 22.1 Å². The number of ether oxygens (including phenoxy) is 1. The summed E-state index contributed by atoms with van der Waals surface area (Å²) in [5.74, 6) is 0.0842. The van der Waals surface area contributed by atoms with E-state index in [2.05, 4.69) is 27.2 Å². The van der Waals surface area contributed by atoms with Gasteiger partial charge in [0.1, 0.15) is 11.0 Å². The van der Waals surface area contributed by atoms with Gasteiger partial charge < -0.3 is 29.8 Å². The Balaban J connectivity index is 1.60. The maximum atomic E-state index is 12.9. The average molecular weight is 500 g/mol. The number of nitrogens with one attached hydrogen (secondary N) is 3. The summed E-state index contributed by atoms with van der Waals surface area (Å²) >= 11 is 0. The van der Waals surface area contributed by atoms with Gasteiger partial charge in [-0.3, -0.25) is 14.3 Å². The first-order chi connectivity index (χ1) is 16.5. The van der Waals surface area contributed by atoms with Crippen LogP contribution in [0.2, 0.25) is 0 Å². The van der Waals surface area contributed by atoms with Gasteiger partial charge in [0, 0.05) is 31.5 Å². The lowest BCUT2D eigenvalue weighted by atomic mass is 10.1. The Bertz CT molecular complexity index is 932. The number of aromatic nitrogens is 3. The molecule has 0 aliphatic heterocycles. The van der Waals surface area contributed by atoms with Crippen LogP contribution >= 0.6 is 7.60 Å². The lowest BCUT2D eigenvalue weighted by Gasteiger charge is -2.18. The number of nitrogen functional groups attached to an aromatic ring is 1. The molecule has 0 aromatic carbocycles. The Labute approximate surface area is 202 Å². The molecule has 194 valence electrons. The highest BCUT2D eigenvalue weighted by atomic mass is 31.2. The number of unbranched alkanes of at least 4 members (excludes halogenated alkanes) is 5. The third-order valence-electron chi connectivity index (χ3n) is 5.42. The molecule has 1 unspecified atom stereocenters. The molecule has 11 heteroatoms. The topological polar surface area (TPSA) is 144 Å². The van der Waals surface area contributed by atoms with Crippen LogP contribution in [-0.4, -0.2) is 54.1 Å². The number of hydrogen-bond acceptors (Lipinski definition) is 8. The summed E-state index contributed by atoms with van der Waals surface area (Å²) in [7, 11) is -3.12. The first-order valence-electron chi connectivity index (χ1n) is 12.5. The van der Waals surface area contributed by atoms with Crippen LogP contribution in [0.1, 0.15) is 70.8 Å². The van der Waals surface area contributed by atoms with E-state index in [1.165, 1.54) is 32.1 Å². The summed E-state index contributed by atoms with van der Waals surface area (Å²) in [6, 6.07) is 0. The van der Waals surface area contributed by atoms with Crippen molar-refractivity contribution in [1.29, 1.82) is 0 Å². The SMILES string of the molecule is CCCCCCCCOCCCOP(=O)(CCCNCc1c[nH]c2c(=O)[nH]c(N)nc12)OCC. The first-order valence-corrected chi connectivity index (χ1v) is 14.2. The molecular formula is C23H42N5O5P. The Morgan fingerprint density at radius 3 is 2.59 bits per heavy atom. The molecule has 1 atom stereocenters. The molecule has 0 saturated carbocycles. The third kappa shape index (κ3) is 10.3. The largest absolute Gasteiger partial charge is 0.381 e. The zero-order chi connectivity index (χ0) is 24.7. The summed E-state index contributed by atoms with van der Waals surface area (Å²) in [5, 5.41) is 3.28. The van der Waals surface area contributed by atoms with Crippen LogP contribution in [0.3, 0.4) is 0 Å². The van der Waals surface area contributed by atoms with Crippen molar-refractivity contribution in [3.8, 4) is 0 Å². The first kappa shape index (κ1) is 28.5. The van der Waals surface area contributed by atoms with Gasteiger partial charge in [-0.15, -0.1) is 0 Å². The van der Waals surface area contributed by atoms with E-state index in [9.17, 15) is 9.36 Å². The summed E-state index contributed by atoms with van der Waals surface area (Å²) < 4.78 is 29.7. The summed E-state index contributed by atoms with van der Waals surface area (Å²) in [6.45, 7) is 7.24. The number of fused-ring (bicyclic) bond motifs is 1. The summed E-state index contributed by atoms with van der Waals surface area (Å²) in [4.78, 5) is 21.5. The van der Waals surface area contributed by atoms with Crippen molar-refractivity contribution >= 4 is 24.6 Å². The minimum absolute atomic E-state index is 0.0842. The minimum atomic E-state index is -3.12. The van der Waals surface area contributed by atoms with E-state index in [1.807, 2.05) is 6.92 Å². The number of hydrogen-bond donors (Lipinski definition) is 4. The van der Waals surface area contributed by atoms with Crippen molar-refractivity contribution in [3.63, 3.8) is 0 Å². The normalized spacial score (nSPS) is 13.5. The molecule has 2 rings (SSSR count). The third-order valence-corrected chi connectivity index (χ3v) is 7.51. The van der Waals surface area contributed by atoms with E-state index in [4.69, 9.17) is 19.5 Å². The van der Waals surface area contributed by atoms with Crippen LogP contribution in [0, 0.1) is 0 Å². The second kappa shape index (κ2) is 16.1. The summed E-state index contributed by atoms with van der Waals surface area (Å²) in [6.07, 6.45) is 10.9. The van der Waals surface area contributed by atoms with E-state index < -0.39 is 7.60 Å². The molecule has 34 heavy (non-hydrogen) atoms. The van der Waals surface area contributed by atoms with E-state index in [1.54, 1.807) is 6.20 Å². The van der Waals surface area contributed by atoms with Crippen LogP contribution in [0.25, 0.3) is 11.0 Å². The number of nitrogens with two attached hydrogens (primary N) is 1. The molecule has 0 bridgehead atoms. The van der Waals surface area contributed by atoms with Gasteiger partial charge in [0.25, 0.3) is 5.56 Å². The zero-order valence-corrected chi connectivity index (χ0v) is 21.6. The molecule has 2 aromatic heterocycles. The highest BCUT2D eigenvalue weighted by Crippen LogP contribution is 2.48. The lowest BCUT2D eigenvalue weighted by Crippen LogP contribution is -2.17. The van der Waals surface area contributed by atoms with Crippen LogP contribution in [0.15, 0.2) is 11.0 Å². The predicted octanol–water partition coefficient (Wildman–Crippen LogP) is 4.33. The molecule has 0 aliphatic carbocycles. The van der Waals surface area contributed by atoms with Crippen molar-refractivity contribution in [2.75, 3.05) is 44.9 Å². The second-order valence-corrected chi connectivity index (χ2v) is 10.5. The van der Waals surface area contributed by atoms with Gasteiger partial charge in [-0.25, -0.2) is 4.98 Å². The fourth-order valence-electron chi connectivity index (χ4n) is 3.65. The highest BCUT2D eigenvalue weighted by Gasteiger charge is 2.23. The molecule has 0 aliphatic rings. The molecule has 0 fully saturated rings. The zero-order valence-electron chi connectivity index (χ0n) is 20.7. The Kier molecular flexibility index (Phi) is 13.5. The molecule has 0 amide bonds. The van der Waals surface area contributed by atoms with Gasteiger partial charge in [0.05, 0.1) is 19.4 Å². The van der Waals surface area contributed by atoms with E-state index in [0.717, 1.165) is 18.6 Å². The van der Waals surface area contributed by atoms with E-state index in [0.29, 0.717) is 62.9 Å².